The fourth-order valence-electron chi connectivity index (χ4n) is 8.24. The van der Waals surface area contributed by atoms with Crippen LogP contribution in [0.5, 0.6) is 0 Å². The highest BCUT2D eigenvalue weighted by molar-refractivity contribution is 6.00. The summed E-state index contributed by atoms with van der Waals surface area (Å²) >= 11 is 0. The van der Waals surface area contributed by atoms with Crippen LogP contribution in [0.2, 0.25) is 0 Å². The Kier molecular flexibility index (Phi) is 6.63. The van der Waals surface area contributed by atoms with E-state index in [0.29, 0.717) is 11.8 Å². The molecule has 0 radical (unpaired) electrons. The molecule has 5 aromatic rings. The first-order valence-corrected chi connectivity index (χ1v) is 17.0. The van der Waals surface area contributed by atoms with E-state index in [-0.39, 0.29) is 5.92 Å². The van der Waals surface area contributed by atoms with Crippen LogP contribution in [0.15, 0.2) is 109 Å². The molecule has 4 aliphatic carbocycles. The van der Waals surface area contributed by atoms with Crippen LogP contribution >= 0.6 is 0 Å². The van der Waals surface area contributed by atoms with E-state index in [1.807, 2.05) is 0 Å². The fourth-order valence-corrected chi connectivity index (χ4v) is 8.24. The lowest BCUT2D eigenvalue weighted by Gasteiger charge is -2.25. The van der Waals surface area contributed by atoms with Crippen LogP contribution in [0.4, 0.5) is 0 Å². The lowest BCUT2D eigenvalue weighted by Crippen LogP contribution is -2.34. The van der Waals surface area contributed by atoms with Crippen LogP contribution in [-0.4, -0.2) is 9.55 Å². The summed E-state index contributed by atoms with van der Waals surface area (Å²) in [6, 6.07) is 27.3. The van der Waals surface area contributed by atoms with Crippen LogP contribution in [0.1, 0.15) is 71.9 Å². The second kappa shape index (κ2) is 11.1. The molecule has 4 aliphatic rings. The molecule has 0 saturated heterocycles. The number of nitrogens with zero attached hydrogens (tertiary/aromatic N) is 2. The zero-order chi connectivity index (χ0) is 30.6. The second-order valence-corrected chi connectivity index (χ2v) is 13.4. The summed E-state index contributed by atoms with van der Waals surface area (Å²) in [6.07, 6.45) is 28.4. The minimum Gasteiger partial charge on any atom is -0.300 e. The van der Waals surface area contributed by atoms with Crippen molar-refractivity contribution in [2.45, 2.75) is 50.9 Å². The Morgan fingerprint density at radius 2 is 1.52 bits per heavy atom. The average molecular weight is 595 g/mol. The summed E-state index contributed by atoms with van der Waals surface area (Å²) in [4.78, 5) is 5.21. The quantitative estimate of drug-likeness (QED) is 0.203. The van der Waals surface area contributed by atoms with Crippen molar-refractivity contribution in [3.63, 3.8) is 0 Å². The number of aromatic nitrogens is 2. The van der Waals surface area contributed by atoms with Crippen LogP contribution in [0.25, 0.3) is 51.9 Å². The van der Waals surface area contributed by atoms with Crippen LogP contribution in [0, 0.1) is 5.92 Å². The normalized spacial score (nSPS) is 20.9. The predicted octanol–water partition coefficient (Wildman–Crippen LogP) is 9.21. The van der Waals surface area contributed by atoms with Gasteiger partial charge in [0.05, 0.1) is 11.4 Å². The number of hydrogen-bond acceptors (Lipinski definition) is 1. The van der Waals surface area contributed by atoms with Gasteiger partial charge >= 0.3 is 0 Å². The summed E-state index contributed by atoms with van der Waals surface area (Å²) in [7, 11) is 0. The summed E-state index contributed by atoms with van der Waals surface area (Å²) < 4.78 is 2.46. The fraction of sp³-hybridized carbons (Fsp3) is 0.205. The lowest BCUT2D eigenvalue weighted by atomic mass is 9.79. The first kappa shape index (κ1) is 27.4. The molecule has 9 rings (SSSR count). The minimum absolute atomic E-state index is 0.286. The molecule has 0 saturated carbocycles. The molecule has 0 fully saturated rings. The molecule has 2 nitrogen and oxygen atoms in total. The first-order chi connectivity index (χ1) is 22.7. The zero-order valence-corrected chi connectivity index (χ0v) is 26.4. The Balaban J connectivity index is 1.19. The lowest BCUT2D eigenvalue weighted by molar-refractivity contribution is 0.671. The van der Waals surface area contributed by atoms with Gasteiger partial charge in [0.1, 0.15) is 5.82 Å². The number of rotatable bonds is 4. The third kappa shape index (κ3) is 4.50. The Morgan fingerprint density at radius 3 is 2.37 bits per heavy atom. The molecule has 3 atom stereocenters. The van der Waals surface area contributed by atoms with E-state index in [2.05, 4.69) is 145 Å². The van der Waals surface area contributed by atoms with Crippen LogP contribution < -0.4 is 10.4 Å². The van der Waals surface area contributed by atoms with Gasteiger partial charge in [-0.3, -0.25) is 4.57 Å². The van der Waals surface area contributed by atoms with Gasteiger partial charge in [0.15, 0.2) is 0 Å². The SMILES string of the molecule is CC1C=Cc2nc(C3C=CC=CC3)n(-c3ccc(-c4c5c(c(C6C=Cc7ccccc7C6)c6ccccc46)=CCCC=5)cc3)c2C1. The van der Waals surface area contributed by atoms with Crippen molar-refractivity contribution in [1.82, 2.24) is 9.55 Å². The average Bonchev–Trinajstić information content (AvgIpc) is 3.49. The molecule has 0 N–H and O–H groups in total. The molecule has 0 spiro atoms. The Hall–Kier alpha value is -4.95. The number of allylic oxidation sites excluding steroid dienone is 6. The number of benzene rings is 4. The largest absolute Gasteiger partial charge is 0.300 e. The van der Waals surface area contributed by atoms with Gasteiger partial charge in [0.2, 0.25) is 0 Å². The van der Waals surface area contributed by atoms with Gasteiger partial charge in [-0.05, 0) is 105 Å². The van der Waals surface area contributed by atoms with E-state index in [1.165, 1.54) is 60.4 Å². The molecule has 0 amide bonds. The maximum atomic E-state index is 5.21. The maximum Gasteiger partial charge on any atom is 0.121 e. The van der Waals surface area contributed by atoms with E-state index in [9.17, 15) is 0 Å². The smallest absolute Gasteiger partial charge is 0.121 e. The van der Waals surface area contributed by atoms with Crippen molar-refractivity contribution in [2.24, 2.45) is 5.92 Å². The van der Waals surface area contributed by atoms with Gasteiger partial charge in [-0.25, -0.2) is 4.98 Å². The zero-order valence-electron chi connectivity index (χ0n) is 26.4. The highest BCUT2D eigenvalue weighted by atomic mass is 15.1. The molecule has 3 unspecified atom stereocenters. The summed E-state index contributed by atoms with van der Waals surface area (Å²) in [5.74, 6) is 2.30. The van der Waals surface area contributed by atoms with E-state index >= 15 is 0 Å². The third-order valence-electron chi connectivity index (χ3n) is 10.4. The van der Waals surface area contributed by atoms with Crippen molar-refractivity contribution in [1.29, 1.82) is 0 Å². The van der Waals surface area contributed by atoms with Crippen molar-refractivity contribution in [2.75, 3.05) is 0 Å². The Bertz CT molecular complexity index is 2250. The summed E-state index contributed by atoms with van der Waals surface area (Å²) in [5, 5.41) is 5.56. The van der Waals surface area contributed by atoms with Gasteiger partial charge in [0.25, 0.3) is 0 Å². The van der Waals surface area contributed by atoms with Crippen molar-refractivity contribution in [3.05, 3.63) is 154 Å². The van der Waals surface area contributed by atoms with E-state index in [4.69, 9.17) is 4.98 Å². The topological polar surface area (TPSA) is 17.8 Å². The Morgan fingerprint density at radius 1 is 0.717 bits per heavy atom. The molecular weight excluding hydrogens is 556 g/mol. The summed E-state index contributed by atoms with van der Waals surface area (Å²) in [5.41, 5.74) is 10.6. The number of fused-ring (bicyclic) bond motifs is 4. The molecule has 2 heteroatoms. The molecule has 46 heavy (non-hydrogen) atoms. The number of hydrogen-bond donors (Lipinski definition) is 0. The van der Waals surface area contributed by atoms with Crippen molar-refractivity contribution in [3.8, 4) is 16.8 Å². The second-order valence-electron chi connectivity index (χ2n) is 13.4. The van der Waals surface area contributed by atoms with Crippen LogP contribution in [-0.2, 0) is 12.8 Å². The minimum atomic E-state index is 0.286. The molecule has 1 aromatic heterocycles. The molecule has 224 valence electrons. The van der Waals surface area contributed by atoms with E-state index in [1.54, 1.807) is 0 Å². The Labute approximate surface area is 271 Å². The standard InChI is InChI=1S/C44H38N2/c1-29-19-26-40-41(27-29)46(44(45-40)32-12-3-2-4-13-32)35-24-22-31(23-25-35)42-36-15-7-9-17-38(36)43(39-18-10-8-16-37(39)42)34-21-20-30-11-5-6-14-33(30)28-34/h2-7,9,11-12,14-26,29,32,34H,8,10,13,27-28H2,1H3. The van der Waals surface area contributed by atoms with E-state index < -0.39 is 0 Å². The molecule has 1 heterocycles. The van der Waals surface area contributed by atoms with Gasteiger partial charge in [0, 0.05) is 17.5 Å². The third-order valence-corrected chi connectivity index (χ3v) is 10.4. The maximum absolute atomic E-state index is 5.21. The monoisotopic (exact) mass is 594 g/mol. The van der Waals surface area contributed by atoms with Crippen LogP contribution in [0.3, 0.4) is 0 Å². The predicted molar refractivity (Wildman–Crippen MR) is 193 cm³/mol. The highest BCUT2D eigenvalue weighted by Crippen LogP contribution is 2.37. The molecular formula is C44H38N2. The van der Waals surface area contributed by atoms with Gasteiger partial charge in [-0.2, -0.15) is 0 Å². The van der Waals surface area contributed by atoms with Crippen molar-refractivity contribution < 1.29 is 0 Å². The molecule has 4 aromatic carbocycles. The van der Waals surface area contributed by atoms with Gasteiger partial charge < -0.3 is 0 Å². The number of imidazole rings is 1. The molecule has 0 aliphatic heterocycles. The first-order valence-electron chi connectivity index (χ1n) is 17.0. The summed E-state index contributed by atoms with van der Waals surface area (Å²) in [6.45, 7) is 2.30. The van der Waals surface area contributed by atoms with Gasteiger partial charge in [-0.15, -0.1) is 0 Å². The highest BCUT2D eigenvalue weighted by Gasteiger charge is 2.26. The van der Waals surface area contributed by atoms with E-state index in [0.717, 1.165) is 43.6 Å². The van der Waals surface area contributed by atoms with Gasteiger partial charge in [-0.1, -0.05) is 122 Å². The molecule has 0 bridgehead atoms. The van der Waals surface area contributed by atoms with Crippen molar-refractivity contribution >= 4 is 35.1 Å².